The molecule has 5 heteroatoms. The highest BCUT2D eigenvalue weighted by atomic mass is 16.1. The van der Waals surface area contributed by atoms with Gasteiger partial charge in [-0.05, 0) is 5.56 Å². The Morgan fingerprint density at radius 1 is 1.27 bits per heavy atom. The Bertz CT molecular complexity index is 361. The summed E-state index contributed by atoms with van der Waals surface area (Å²) >= 11 is 0. The molecule has 0 spiro atoms. The maximum atomic E-state index is 10.7. The van der Waals surface area contributed by atoms with Crippen molar-refractivity contribution in [1.29, 1.82) is 0 Å². The van der Waals surface area contributed by atoms with E-state index in [2.05, 4.69) is 4.99 Å². The van der Waals surface area contributed by atoms with Gasteiger partial charge in [0.1, 0.15) is 11.9 Å². The number of carbonyl (C=O) groups is 1. The van der Waals surface area contributed by atoms with Crippen LogP contribution >= 0.6 is 0 Å². The molecule has 1 atom stereocenters. The standard InChI is InChI=1S/C10H14N4O/c11-8(10(13)15)9(12)14-6-7-4-2-1-3-5-7/h1-5,8H,6,11H2,(H2,12,14)(H2,13,15)/t8-/m0/s1. The van der Waals surface area contributed by atoms with Crippen LogP contribution in [0.5, 0.6) is 0 Å². The lowest BCUT2D eigenvalue weighted by molar-refractivity contribution is -0.117. The Morgan fingerprint density at radius 2 is 1.87 bits per heavy atom. The van der Waals surface area contributed by atoms with Gasteiger partial charge in [-0.3, -0.25) is 9.79 Å². The van der Waals surface area contributed by atoms with Gasteiger partial charge in [0.15, 0.2) is 0 Å². The van der Waals surface area contributed by atoms with Crippen molar-refractivity contribution in [2.45, 2.75) is 12.6 Å². The molecular formula is C10H14N4O. The minimum atomic E-state index is -1.01. The fraction of sp³-hybridized carbons (Fsp3) is 0.200. The van der Waals surface area contributed by atoms with E-state index in [0.717, 1.165) is 5.56 Å². The molecule has 0 radical (unpaired) electrons. The molecule has 0 saturated heterocycles. The number of carbonyl (C=O) groups excluding carboxylic acids is 1. The molecule has 6 N–H and O–H groups in total. The first kappa shape index (κ1) is 11.2. The van der Waals surface area contributed by atoms with Crippen molar-refractivity contribution in [3.8, 4) is 0 Å². The molecule has 1 amide bonds. The molecule has 1 rings (SSSR count). The minimum Gasteiger partial charge on any atom is -0.386 e. The van der Waals surface area contributed by atoms with Crippen molar-refractivity contribution in [2.24, 2.45) is 22.2 Å². The quantitative estimate of drug-likeness (QED) is 0.450. The van der Waals surface area contributed by atoms with Crippen LogP contribution < -0.4 is 17.2 Å². The molecule has 80 valence electrons. The second-order valence-electron chi connectivity index (χ2n) is 3.11. The number of nitrogens with zero attached hydrogens (tertiary/aromatic N) is 1. The summed E-state index contributed by atoms with van der Waals surface area (Å²) in [4.78, 5) is 14.7. The highest BCUT2D eigenvalue weighted by Gasteiger charge is 2.12. The van der Waals surface area contributed by atoms with Crippen molar-refractivity contribution in [1.82, 2.24) is 0 Å². The van der Waals surface area contributed by atoms with Crippen LogP contribution in [0.4, 0.5) is 0 Å². The molecule has 0 aromatic heterocycles. The van der Waals surface area contributed by atoms with E-state index in [4.69, 9.17) is 17.2 Å². The van der Waals surface area contributed by atoms with Crippen LogP contribution in [0.3, 0.4) is 0 Å². The predicted molar refractivity (Wildman–Crippen MR) is 58.9 cm³/mol. The Morgan fingerprint density at radius 3 is 2.40 bits per heavy atom. The van der Waals surface area contributed by atoms with E-state index in [0.29, 0.717) is 6.54 Å². The number of hydrogen-bond donors (Lipinski definition) is 3. The molecule has 1 aromatic rings. The van der Waals surface area contributed by atoms with Gasteiger partial charge in [-0.2, -0.15) is 0 Å². The SMILES string of the molecule is NC(=O)[C@@H](N)C(N)=NCc1ccccc1. The van der Waals surface area contributed by atoms with Crippen molar-refractivity contribution >= 4 is 11.7 Å². The zero-order chi connectivity index (χ0) is 11.3. The van der Waals surface area contributed by atoms with E-state index >= 15 is 0 Å². The molecule has 0 aliphatic heterocycles. The molecule has 15 heavy (non-hydrogen) atoms. The molecular weight excluding hydrogens is 192 g/mol. The predicted octanol–water partition coefficient (Wildman–Crippen LogP) is -0.644. The van der Waals surface area contributed by atoms with Gasteiger partial charge in [-0.15, -0.1) is 0 Å². The number of primary amides is 1. The fourth-order valence-corrected chi connectivity index (χ4v) is 1.01. The number of benzene rings is 1. The van der Waals surface area contributed by atoms with Crippen molar-refractivity contribution in [3.63, 3.8) is 0 Å². The largest absolute Gasteiger partial charge is 0.386 e. The number of amidine groups is 1. The Kier molecular flexibility index (Phi) is 3.82. The molecule has 0 unspecified atom stereocenters. The average Bonchev–Trinajstić information content (AvgIpc) is 2.26. The van der Waals surface area contributed by atoms with Gasteiger partial charge < -0.3 is 17.2 Å². The zero-order valence-electron chi connectivity index (χ0n) is 8.26. The van der Waals surface area contributed by atoms with E-state index in [1.165, 1.54) is 0 Å². The first-order valence-corrected chi connectivity index (χ1v) is 4.50. The molecule has 0 aliphatic rings. The van der Waals surface area contributed by atoms with Gasteiger partial charge in [0, 0.05) is 0 Å². The summed E-state index contributed by atoms with van der Waals surface area (Å²) in [5.41, 5.74) is 16.9. The highest BCUT2D eigenvalue weighted by molar-refractivity contribution is 6.05. The summed E-state index contributed by atoms with van der Waals surface area (Å²) in [7, 11) is 0. The van der Waals surface area contributed by atoms with Crippen molar-refractivity contribution in [2.75, 3.05) is 0 Å². The summed E-state index contributed by atoms with van der Waals surface area (Å²) in [6.45, 7) is 0.396. The first-order valence-electron chi connectivity index (χ1n) is 4.50. The Balaban J connectivity index is 2.62. The van der Waals surface area contributed by atoms with E-state index in [-0.39, 0.29) is 5.84 Å². The second kappa shape index (κ2) is 5.11. The average molecular weight is 206 g/mol. The van der Waals surface area contributed by atoms with Crippen molar-refractivity contribution in [3.05, 3.63) is 35.9 Å². The molecule has 0 aliphatic carbocycles. The van der Waals surface area contributed by atoms with Gasteiger partial charge in [-0.25, -0.2) is 0 Å². The van der Waals surface area contributed by atoms with Crippen LogP contribution in [0, 0.1) is 0 Å². The molecule has 0 heterocycles. The molecule has 1 aromatic carbocycles. The lowest BCUT2D eigenvalue weighted by atomic mass is 10.2. The van der Waals surface area contributed by atoms with Gasteiger partial charge in [-0.1, -0.05) is 30.3 Å². The number of hydrogen-bond acceptors (Lipinski definition) is 3. The van der Waals surface area contributed by atoms with E-state index < -0.39 is 11.9 Å². The van der Waals surface area contributed by atoms with Crippen LogP contribution in [0.2, 0.25) is 0 Å². The van der Waals surface area contributed by atoms with Gasteiger partial charge in [0.25, 0.3) is 0 Å². The third kappa shape index (κ3) is 3.40. The molecule has 0 saturated carbocycles. The maximum Gasteiger partial charge on any atom is 0.242 e. The molecule has 5 nitrogen and oxygen atoms in total. The first-order chi connectivity index (χ1) is 7.11. The monoisotopic (exact) mass is 206 g/mol. The van der Waals surface area contributed by atoms with E-state index in [1.54, 1.807) is 0 Å². The topological polar surface area (TPSA) is 107 Å². The number of rotatable bonds is 4. The smallest absolute Gasteiger partial charge is 0.242 e. The van der Waals surface area contributed by atoms with Crippen LogP contribution in [0.1, 0.15) is 5.56 Å². The summed E-state index contributed by atoms with van der Waals surface area (Å²) in [6.07, 6.45) is 0. The van der Waals surface area contributed by atoms with Gasteiger partial charge in [0.05, 0.1) is 6.54 Å². The lowest BCUT2D eigenvalue weighted by Gasteiger charge is -2.06. The van der Waals surface area contributed by atoms with Crippen molar-refractivity contribution < 1.29 is 4.79 Å². The zero-order valence-corrected chi connectivity index (χ0v) is 8.26. The summed E-state index contributed by atoms with van der Waals surface area (Å²) in [5.74, 6) is -0.615. The summed E-state index contributed by atoms with van der Waals surface area (Å²) < 4.78 is 0. The number of aliphatic imine (C=N–C) groups is 1. The summed E-state index contributed by atoms with van der Waals surface area (Å²) in [5, 5.41) is 0. The van der Waals surface area contributed by atoms with E-state index in [9.17, 15) is 4.79 Å². The normalized spacial score (nSPS) is 13.5. The summed E-state index contributed by atoms with van der Waals surface area (Å²) in [6, 6.07) is 8.52. The Labute approximate surface area is 88.0 Å². The van der Waals surface area contributed by atoms with Gasteiger partial charge >= 0.3 is 0 Å². The second-order valence-corrected chi connectivity index (χ2v) is 3.11. The highest BCUT2D eigenvalue weighted by Crippen LogP contribution is 2.00. The van der Waals surface area contributed by atoms with Crippen LogP contribution in [0.15, 0.2) is 35.3 Å². The third-order valence-corrected chi connectivity index (χ3v) is 1.91. The maximum absolute atomic E-state index is 10.7. The molecule has 0 fully saturated rings. The molecule has 0 bridgehead atoms. The van der Waals surface area contributed by atoms with Crippen LogP contribution in [0.25, 0.3) is 0 Å². The third-order valence-electron chi connectivity index (χ3n) is 1.91. The van der Waals surface area contributed by atoms with Gasteiger partial charge in [0.2, 0.25) is 5.91 Å². The fourth-order valence-electron chi connectivity index (χ4n) is 1.01. The number of amides is 1. The Hall–Kier alpha value is -1.88. The van der Waals surface area contributed by atoms with E-state index in [1.807, 2.05) is 30.3 Å². The lowest BCUT2D eigenvalue weighted by Crippen LogP contribution is -2.47. The van der Waals surface area contributed by atoms with Crippen LogP contribution in [-0.2, 0) is 11.3 Å². The number of nitrogens with two attached hydrogens (primary N) is 3. The minimum absolute atomic E-state index is 0.0614. The van der Waals surface area contributed by atoms with Crippen LogP contribution in [-0.4, -0.2) is 17.8 Å².